The maximum atomic E-state index is 2.50. The van der Waals surface area contributed by atoms with Crippen LogP contribution in [0.25, 0.3) is 70.9 Å². The van der Waals surface area contributed by atoms with Crippen molar-refractivity contribution in [2.75, 3.05) is 0 Å². The molecule has 9 aromatic carbocycles. The standard InChI is InChI=1S/C43H32.C10H8.C2H6/c1-43(40-24-12-19-30-14-8-9-21-35(30)40)27-13-20-34(29-43)33-25-26-38-39(28-33)42(32-17-6-3-7-18-32)37-23-11-10-22-36(37)41(38)31-15-4-2-5-16-31;1-2-6-10-8-4-3-7-9(10)5-1;1-2/h2-26,28-29H,27H2,1H3;1-8H;1-2H3. The van der Waals surface area contributed by atoms with Crippen LogP contribution in [0.3, 0.4) is 0 Å². The average molecular weight is 707 g/mol. The van der Waals surface area contributed by atoms with Gasteiger partial charge in [-0.05, 0) is 94.5 Å². The van der Waals surface area contributed by atoms with Gasteiger partial charge in [0, 0.05) is 5.41 Å². The number of hydrogen-bond donors (Lipinski definition) is 0. The van der Waals surface area contributed by atoms with E-state index in [0.717, 1.165) is 6.42 Å². The molecule has 1 aliphatic rings. The second-order valence-electron chi connectivity index (χ2n) is 14.3. The summed E-state index contributed by atoms with van der Waals surface area (Å²) in [6.07, 6.45) is 8.15. The highest BCUT2D eigenvalue weighted by molar-refractivity contribution is 6.21. The van der Waals surface area contributed by atoms with Crippen molar-refractivity contribution in [2.45, 2.75) is 32.6 Å². The molecule has 0 heteroatoms. The molecular weight excluding hydrogens is 661 g/mol. The number of fused-ring (bicyclic) bond motifs is 4. The first-order chi connectivity index (χ1) is 27.2. The third-order valence-electron chi connectivity index (χ3n) is 10.9. The largest absolute Gasteiger partial charge is 0.0827 e. The maximum Gasteiger partial charge on any atom is 0.0153 e. The quantitative estimate of drug-likeness (QED) is 0.160. The van der Waals surface area contributed by atoms with Gasteiger partial charge < -0.3 is 0 Å². The number of rotatable bonds is 4. The van der Waals surface area contributed by atoms with E-state index < -0.39 is 0 Å². The molecule has 55 heavy (non-hydrogen) atoms. The molecule has 1 atom stereocenters. The zero-order valence-corrected chi connectivity index (χ0v) is 31.9. The highest BCUT2D eigenvalue weighted by atomic mass is 14.3. The average Bonchev–Trinajstić information content (AvgIpc) is 3.26. The van der Waals surface area contributed by atoms with E-state index in [1.807, 2.05) is 13.8 Å². The smallest absolute Gasteiger partial charge is 0.0153 e. The Bertz CT molecular complexity index is 2730. The van der Waals surface area contributed by atoms with Crippen molar-refractivity contribution in [1.82, 2.24) is 0 Å². The first kappa shape index (κ1) is 35.5. The van der Waals surface area contributed by atoms with Gasteiger partial charge in [0.25, 0.3) is 0 Å². The Morgan fingerprint density at radius 2 is 0.836 bits per heavy atom. The first-order valence-corrected chi connectivity index (χ1v) is 19.6. The monoisotopic (exact) mass is 706 g/mol. The fourth-order valence-electron chi connectivity index (χ4n) is 8.29. The van der Waals surface area contributed by atoms with Gasteiger partial charge in [-0.25, -0.2) is 0 Å². The molecule has 0 bridgehead atoms. The molecule has 0 N–H and O–H groups in total. The molecule has 0 heterocycles. The van der Waals surface area contributed by atoms with Crippen LogP contribution in [-0.2, 0) is 5.41 Å². The molecule has 266 valence electrons. The van der Waals surface area contributed by atoms with Gasteiger partial charge in [0.15, 0.2) is 0 Å². The summed E-state index contributed by atoms with van der Waals surface area (Å²) < 4.78 is 0. The summed E-state index contributed by atoms with van der Waals surface area (Å²) in [5.41, 5.74) is 8.90. The second kappa shape index (κ2) is 15.8. The summed E-state index contributed by atoms with van der Waals surface area (Å²) in [7, 11) is 0. The van der Waals surface area contributed by atoms with E-state index in [-0.39, 0.29) is 5.41 Å². The van der Waals surface area contributed by atoms with Crippen molar-refractivity contribution >= 4 is 48.7 Å². The minimum absolute atomic E-state index is 0.0965. The van der Waals surface area contributed by atoms with E-state index in [1.165, 1.54) is 82.0 Å². The van der Waals surface area contributed by atoms with E-state index in [4.69, 9.17) is 0 Å². The fraction of sp³-hybridized carbons (Fsp3) is 0.0909. The van der Waals surface area contributed by atoms with Crippen LogP contribution in [0.5, 0.6) is 0 Å². The summed E-state index contributed by atoms with van der Waals surface area (Å²) >= 11 is 0. The van der Waals surface area contributed by atoms with E-state index in [2.05, 4.69) is 219 Å². The zero-order valence-electron chi connectivity index (χ0n) is 31.9. The molecule has 1 aliphatic carbocycles. The van der Waals surface area contributed by atoms with Crippen LogP contribution in [0, 0.1) is 0 Å². The predicted molar refractivity (Wildman–Crippen MR) is 241 cm³/mol. The van der Waals surface area contributed by atoms with E-state index in [1.54, 1.807) is 0 Å². The lowest BCUT2D eigenvalue weighted by Crippen LogP contribution is -2.21. The van der Waals surface area contributed by atoms with Gasteiger partial charge >= 0.3 is 0 Å². The maximum absolute atomic E-state index is 2.50. The lowest BCUT2D eigenvalue weighted by atomic mass is 9.73. The van der Waals surface area contributed by atoms with Crippen molar-refractivity contribution in [1.29, 1.82) is 0 Å². The highest BCUT2D eigenvalue weighted by Crippen LogP contribution is 2.46. The van der Waals surface area contributed by atoms with Crippen LogP contribution in [0.2, 0.25) is 0 Å². The highest BCUT2D eigenvalue weighted by Gasteiger charge is 2.28. The Hall–Kier alpha value is -6.50. The molecule has 0 fully saturated rings. The van der Waals surface area contributed by atoms with Crippen LogP contribution in [0.15, 0.2) is 212 Å². The van der Waals surface area contributed by atoms with Gasteiger partial charge in [-0.1, -0.05) is 227 Å². The third-order valence-corrected chi connectivity index (χ3v) is 10.9. The van der Waals surface area contributed by atoms with Gasteiger partial charge in [0.1, 0.15) is 0 Å². The van der Waals surface area contributed by atoms with Gasteiger partial charge in [-0.3, -0.25) is 0 Å². The van der Waals surface area contributed by atoms with Crippen LogP contribution < -0.4 is 0 Å². The van der Waals surface area contributed by atoms with Gasteiger partial charge in [0.2, 0.25) is 0 Å². The lowest BCUT2D eigenvalue weighted by molar-refractivity contribution is 0.608. The van der Waals surface area contributed by atoms with Crippen LogP contribution >= 0.6 is 0 Å². The second-order valence-corrected chi connectivity index (χ2v) is 14.3. The molecule has 0 amide bonds. The van der Waals surface area contributed by atoms with E-state index >= 15 is 0 Å². The Morgan fingerprint density at radius 1 is 0.382 bits per heavy atom. The van der Waals surface area contributed by atoms with Crippen molar-refractivity contribution in [3.63, 3.8) is 0 Å². The molecule has 0 aromatic heterocycles. The molecule has 0 saturated carbocycles. The van der Waals surface area contributed by atoms with Crippen molar-refractivity contribution in [3.8, 4) is 22.3 Å². The van der Waals surface area contributed by atoms with E-state index in [0.29, 0.717) is 0 Å². The minimum atomic E-state index is -0.0965. The van der Waals surface area contributed by atoms with Crippen molar-refractivity contribution in [2.24, 2.45) is 0 Å². The summed E-state index contributed by atoms with van der Waals surface area (Å²) in [5.74, 6) is 0. The SMILES string of the molecule is CC.CC1(c2cccc3ccccc23)C=C(c2ccc3c(-c4ccccc4)c4ccccc4c(-c4ccccc4)c3c2)C=CC1.c1ccc2ccccc2c1. The van der Waals surface area contributed by atoms with Crippen LogP contribution in [0.1, 0.15) is 38.3 Å². The fourth-order valence-corrected chi connectivity index (χ4v) is 8.29. The number of hydrogen-bond acceptors (Lipinski definition) is 0. The molecular formula is C55H46. The Labute approximate surface area is 325 Å². The Kier molecular flexibility index (Phi) is 10.2. The van der Waals surface area contributed by atoms with Gasteiger partial charge in [-0.15, -0.1) is 0 Å². The molecule has 0 saturated heterocycles. The number of allylic oxidation sites excluding steroid dienone is 4. The van der Waals surface area contributed by atoms with Gasteiger partial charge in [0.05, 0.1) is 0 Å². The Morgan fingerprint density at radius 3 is 1.42 bits per heavy atom. The molecule has 0 spiro atoms. The minimum Gasteiger partial charge on any atom is -0.0827 e. The summed E-state index contributed by atoms with van der Waals surface area (Å²) in [5, 5.41) is 10.4. The molecule has 0 aliphatic heterocycles. The van der Waals surface area contributed by atoms with E-state index in [9.17, 15) is 0 Å². The molecule has 10 rings (SSSR count). The van der Waals surface area contributed by atoms with Crippen molar-refractivity contribution in [3.05, 3.63) is 223 Å². The normalized spacial score (nSPS) is 14.9. The van der Waals surface area contributed by atoms with Crippen LogP contribution in [0.4, 0.5) is 0 Å². The molecule has 9 aromatic rings. The van der Waals surface area contributed by atoms with Crippen LogP contribution in [-0.4, -0.2) is 0 Å². The summed E-state index contributed by atoms with van der Waals surface area (Å²) in [6, 6.07) is 69.9. The third kappa shape index (κ3) is 7.00. The zero-order chi connectivity index (χ0) is 37.6. The predicted octanol–water partition coefficient (Wildman–Crippen LogP) is 15.6. The first-order valence-electron chi connectivity index (χ1n) is 19.6. The molecule has 0 radical (unpaired) electrons. The lowest BCUT2D eigenvalue weighted by Gasteiger charge is -2.31. The summed E-state index contributed by atoms with van der Waals surface area (Å²) in [4.78, 5) is 0. The molecule has 0 nitrogen and oxygen atoms in total. The van der Waals surface area contributed by atoms with Crippen molar-refractivity contribution < 1.29 is 0 Å². The summed E-state index contributed by atoms with van der Waals surface area (Å²) in [6.45, 7) is 6.38. The molecule has 1 unspecified atom stereocenters. The van der Waals surface area contributed by atoms with Gasteiger partial charge in [-0.2, -0.15) is 0 Å². The topological polar surface area (TPSA) is 0 Å². The number of benzene rings is 9. The Balaban J connectivity index is 0.000000305.